The van der Waals surface area contributed by atoms with Crippen molar-refractivity contribution >= 4 is 40.3 Å². The van der Waals surface area contributed by atoms with Crippen LogP contribution in [0.1, 0.15) is 17.0 Å². The third-order valence-corrected chi connectivity index (χ3v) is 6.54. The van der Waals surface area contributed by atoms with Gasteiger partial charge in [-0.15, -0.1) is 0 Å². The molecule has 2 heterocycles. The average Bonchev–Trinajstić information content (AvgIpc) is 3.30. The number of benzene rings is 3. The molecule has 0 saturated carbocycles. The molecule has 4 aromatic rings. The van der Waals surface area contributed by atoms with Crippen LogP contribution >= 0.6 is 11.8 Å². The number of amides is 1. The summed E-state index contributed by atoms with van der Waals surface area (Å²) in [6.07, 6.45) is 1.98. The minimum absolute atomic E-state index is 0.0644. The van der Waals surface area contributed by atoms with Gasteiger partial charge in [0.15, 0.2) is 5.17 Å². The summed E-state index contributed by atoms with van der Waals surface area (Å²) in [6, 6.07) is 31.8. The van der Waals surface area contributed by atoms with Crippen LogP contribution in [-0.4, -0.2) is 15.6 Å². The molecule has 5 heteroatoms. The minimum Gasteiger partial charge on any atom is -0.318 e. The average molecular weight is 450 g/mol. The Labute approximate surface area is 197 Å². The number of amidine groups is 1. The maximum Gasteiger partial charge on any atom is 0.271 e. The first-order valence-corrected chi connectivity index (χ1v) is 11.6. The van der Waals surface area contributed by atoms with Crippen molar-refractivity contribution in [1.29, 1.82) is 0 Å². The lowest BCUT2D eigenvalue weighted by Gasteiger charge is -2.15. The van der Waals surface area contributed by atoms with Gasteiger partial charge in [-0.1, -0.05) is 54.6 Å². The summed E-state index contributed by atoms with van der Waals surface area (Å²) in [5.74, 6) is -0.0644. The highest BCUT2D eigenvalue weighted by Gasteiger charge is 2.35. The molecule has 0 aliphatic carbocycles. The van der Waals surface area contributed by atoms with Gasteiger partial charge in [0.05, 0.1) is 16.3 Å². The molecule has 0 atom stereocenters. The third-order valence-electron chi connectivity index (χ3n) is 5.57. The molecular weight excluding hydrogens is 426 g/mol. The monoisotopic (exact) mass is 449 g/mol. The van der Waals surface area contributed by atoms with E-state index in [2.05, 4.69) is 36.6 Å². The number of aromatic nitrogens is 1. The van der Waals surface area contributed by atoms with Crippen LogP contribution in [0.15, 0.2) is 107 Å². The van der Waals surface area contributed by atoms with Gasteiger partial charge in [-0.05, 0) is 79.7 Å². The molecule has 4 nitrogen and oxygen atoms in total. The minimum atomic E-state index is -0.0644. The quantitative estimate of drug-likeness (QED) is 0.318. The van der Waals surface area contributed by atoms with Gasteiger partial charge in [-0.25, -0.2) is 4.99 Å². The highest BCUT2D eigenvalue weighted by atomic mass is 32.2. The van der Waals surface area contributed by atoms with Crippen LogP contribution in [-0.2, 0) is 4.79 Å². The summed E-state index contributed by atoms with van der Waals surface area (Å²) in [5, 5.41) is 0.653. The van der Waals surface area contributed by atoms with Gasteiger partial charge in [0.1, 0.15) is 0 Å². The van der Waals surface area contributed by atoms with Crippen LogP contribution in [0.25, 0.3) is 11.8 Å². The summed E-state index contributed by atoms with van der Waals surface area (Å²) in [5.41, 5.74) is 5.99. The fourth-order valence-corrected chi connectivity index (χ4v) is 5.01. The van der Waals surface area contributed by atoms with E-state index in [1.165, 1.54) is 11.8 Å². The summed E-state index contributed by atoms with van der Waals surface area (Å²) in [7, 11) is 0. The highest BCUT2D eigenvalue weighted by molar-refractivity contribution is 8.19. The Morgan fingerprint density at radius 2 is 1.36 bits per heavy atom. The number of thioether (sulfide) groups is 1. The fourth-order valence-electron chi connectivity index (χ4n) is 4.02. The van der Waals surface area contributed by atoms with E-state index in [-0.39, 0.29) is 5.91 Å². The number of nitrogens with zero attached hydrogens (tertiary/aromatic N) is 3. The van der Waals surface area contributed by atoms with Gasteiger partial charge in [-0.2, -0.15) is 0 Å². The molecule has 162 valence electrons. The number of aliphatic imine (C=N–C) groups is 1. The zero-order valence-electron chi connectivity index (χ0n) is 18.5. The molecule has 1 aliphatic rings. The molecule has 3 aromatic carbocycles. The van der Waals surface area contributed by atoms with Crippen molar-refractivity contribution in [3.63, 3.8) is 0 Å². The molecule has 5 rings (SSSR count). The van der Waals surface area contributed by atoms with Crippen molar-refractivity contribution < 1.29 is 4.79 Å². The van der Waals surface area contributed by atoms with Gasteiger partial charge in [0.25, 0.3) is 5.91 Å². The standard InChI is InChI=1S/C28H23N3OS/c1-20-18-22(21(2)30(20)24-14-8-4-9-15-24)19-26-27(32)31(25-16-10-5-11-17-25)28(33-26)29-23-12-6-3-7-13-23/h3-19H,1-2H3/b26-19-,29-28?. The van der Waals surface area contributed by atoms with E-state index in [0.717, 1.165) is 34.0 Å². The van der Waals surface area contributed by atoms with Crippen LogP contribution < -0.4 is 4.90 Å². The molecule has 1 aromatic heterocycles. The largest absolute Gasteiger partial charge is 0.318 e. The first kappa shape index (κ1) is 21.0. The predicted molar refractivity (Wildman–Crippen MR) is 138 cm³/mol. The van der Waals surface area contributed by atoms with Crippen LogP contribution in [0.5, 0.6) is 0 Å². The zero-order chi connectivity index (χ0) is 22.8. The molecule has 1 saturated heterocycles. The Morgan fingerprint density at radius 3 is 2.00 bits per heavy atom. The van der Waals surface area contributed by atoms with Crippen molar-refractivity contribution in [2.75, 3.05) is 4.90 Å². The van der Waals surface area contributed by atoms with E-state index in [9.17, 15) is 4.79 Å². The summed E-state index contributed by atoms with van der Waals surface area (Å²) >= 11 is 1.41. The predicted octanol–water partition coefficient (Wildman–Crippen LogP) is 6.90. The smallest absolute Gasteiger partial charge is 0.271 e. The Bertz CT molecular complexity index is 1360. The van der Waals surface area contributed by atoms with Crippen molar-refractivity contribution in [2.45, 2.75) is 13.8 Å². The molecule has 0 unspecified atom stereocenters. The first-order valence-electron chi connectivity index (χ1n) is 10.8. The lowest BCUT2D eigenvalue weighted by molar-refractivity contribution is -0.113. The molecule has 0 radical (unpaired) electrons. The molecular formula is C28H23N3OS. The number of aryl methyl sites for hydroxylation is 1. The van der Waals surface area contributed by atoms with Crippen LogP contribution in [0, 0.1) is 13.8 Å². The lowest BCUT2D eigenvalue weighted by Crippen LogP contribution is -2.28. The Morgan fingerprint density at radius 1 is 0.788 bits per heavy atom. The lowest BCUT2D eigenvalue weighted by atomic mass is 10.2. The third kappa shape index (κ3) is 4.15. The van der Waals surface area contributed by atoms with Crippen molar-refractivity contribution in [2.24, 2.45) is 4.99 Å². The van der Waals surface area contributed by atoms with E-state index in [1.807, 2.05) is 84.9 Å². The number of rotatable bonds is 4. The molecule has 0 bridgehead atoms. The number of carbonyl (C=O) groups is 1. The van der Waals surface area contributed by atoms with Crippen LogP contribution in [0.4, 0.5) is 11.4 Å². The van der Waals surface area contributed by atoms with Gasteiger partial charge in [0, 0.05) is 17.1 Å². The van der Waals surface area contributed by atoms with E-state index in [1.54, 1.807) is 4.90 Å². The second-order valence-electron chi connectivity index (χ2n) is 7.81. The van der Waals surface area contributed by atoms with Gasteiger partial charge in [-0.3, -0.25) is 9.69 Å². The summed E-state index contributed by atoms with van der Waals surface area (Å²) < 4.78 is 2.21. The van der Waals surface area contributed by atoms with Gasteiger partial charge >= 0.3 is 0 Å². The summed E-state index contributed by atoms with van der Waals surface area (Å²) in [4.78, 5) is 20.7. The normalized spacial score (nSPS) is 16.2. The van der Waals surface area contributed by atoms with Gasteiger partial charge in [0.2, 0.25) is 0 Å². The molecule has 0 N–H and O–H groups in total. The number of hydrogen-bond acceptors (Lipinski definition) is 3. The Hall–Kier alpha value is -3.83. The van der Waals surface area contributed by atoms with E-state index in [0.29, 0.717) is 10.1 Å². The maximum absolute atomic E-state index is 13.5. The van der Waals surface area contributed by atoms with Crippen LogP contribution in [0.3, 0.4) is 0 Å². The Balaban J connectivity index is 1.57. The second-order valence-corrected chi connectivity index (χ2v) is 8.82. The number of hydrogen-bond donors (Lipinski definition) is 0. The maximum atomic E-state index is 13.5. The second kappa shape index (κ2) is 8.96. The fraction of sp³-hybridized carbons (Fsp3) is 0.0714. The molecule has 1 amide bonds. The van der Waals surface area contributed by atoms with E-state index >= 15 is 0 Å². The van der Waals surface area contributed by atoms with Crippen molar-refractivity contribution in [3.8, 4) is 5.69 Å². The highest BCUT2D eigenvalue weighted by Crippen LogP contribution is 2.38. The van der Waals surface area contributed by atoms with E-state index < -0.39 is 0 Å². The number of para-hydroxylation sites is 3. The Kier molecular flexibility index (Phi) is 5.71. The SMILES string of the molecule is Cc1cc(/C=C2\SC(=Nc3ccccc3)N(c3ccccc3)C2=O)c(C)n1-c1ccccc1. The molecule has 1 fully saturated rings. The van der Waals surface area contributed by atoms with Gasteiger partial charge < -0.3 is 4.57 Å². The molecule has 1 aliphatic heterocycles. The molecule has 33 heavy (non-hydrogen) atoms. The first-order chi connectivity index (χ1) is 16.1. The van der Waals surface area contributed by atoms with Crippen molar-refractivity contribution in [1.82, 2.24) is 4.57 Å². The molecule has 0 spiro atoms. The van der Waals surface area contributed by atoms with E-state index in [4.69, 9.17) is 4.99 Å². The topological polar surface area (TPSA) is 37.6 Å². The van der Waals surface area contributed by atoms with Crippen LogP contribution in [0.2, 0.25) is 0 Å². The zero-order valence-corrected chi connectivity index (χ0v) is 19.3. The van der Waals surface area contributed by atoms with Crippen molar-refractivity contribution in [3.05, 3.63) is 119 Å². The number of anilines is 1. The number of carbonyl (C=O) groups excluding carboxylic acids is 1. The summed E-state index contributed by atoms with van der Waals surface area (Å²) in [6.45, 7) is 4.18.